The molecule has 2 aromatic heterocycles. The lowest BCUT2D eigenvalue weighted by Gasteiger charge is -1.92. The number of hydrogen-bond donors (Lipinski definition) is 2. The van der Waals surface area contributed by atoms with Crippen LogP contribution < -0.4 is 5.73 Å². The first-order chi connectivity index (χ1) is 6.81. The second kappa shape index (κ2) is 4.25. The van der Waals surface area contributed by atoms with Crippen molar-refractivity contribution in [3.05, 3.63) is 27.8 Å². The van der Waals surface area contributed by atoms with Crippen molar-refractivity contribution in [3.63, 3.8) is 0 Å². The number of nitrogens with two attached hydrogens (primary N) is 1. The number of halogens is 1. The maximum absolute atomic E-state index is 5.49. The van der Waals surface area contributed by atoms with Gasteiger partial charge in [-0.25, -0.2) is 4.98 Å². The summed E-state index contributed by atoms with van der Waals surface area (Å²) < 4.78 is 0.867. The van der Waals surface area contributed by atoms with E-state index in [0.717, 1.165) is 27.4 Å². The summed E-state index contributed by atoms with van der Waals surface area (Å²) in [5, 5.41) is 2.04. The first kappa shape index (κ1) is 9.89. The summed E-state index contributed by atoms with van der Waals surface area (Å²) in [5.41, 5.74) is 6.56. The third-order valence-electron chi connectivity index (χ3n) is 1.88. The Balaban J connectivity index is 2.33. The Hall–Kier alpha value is -0.650. The van der Waals surface area contributed by atoms with Gasteiger partial charge in [-0.2, -0.15) is 0 Å². The maximum Gasteiger partial charge on any atom is 0.149 e. The zero-order chi connectivity index (χ0) is 9.97. The summed E-state index contributed by atoms with van der Waals surface area (Å²) in [6.45, 7) is 0.630. The van der Waals surface area contributed by atoms with Gasteiger partial charge in [-0.3, -0.25) is 0 Å². The van der Waals surface area contributed by atoms with E-state index in [1.165, 1.54) is 0 Å². The van der Waals surface area contributed by atoms with E-state index in [1.54, 1.807) is 11.3 Å². The molecular formula is C9H10BrN3S. The summed E-state index contributed by atoms with van der Waals surface area (Å²) in [6, 6.07) is 4.06. The highest BCUT2D eigenvalue weighted by molar-refractivity contribution is 9.10. The molecule has 0 spiro atoms. The SMILES string of the molecule is NCCc1[nH]c(-c2cccs2)nc1Br. The highest BCUT2D eigenvalue weighted by atomic mass is 79.9. The van der Waals surface area contributed by atoms with Gasteiger partial charge < -0.3 is 10.7 Å². The molecule has 5 heteroatoms. The molecule has 0 unspecified atom stereocenters. The number of rotatable bonds is 3. The van der Waals surface area contributed by atoms with Crippen LogP contribution in [0.1, 0.15) is 5.69 Å². The van der Waals surface area contributed by atoms with Gasteiger partial charge in [0.1, 0.15) is 10.4 Å². The molecule has 74 valence electrons. The molecule has 0 fully saturated rings. The van der Waals surface area contributed by atoms with Crippen LogP contribution in [0.25, 0.3) is 10.7 Å². The minimum atomic E-state index is 0.630. The minimum absolute atomic E-state index is 0.630. The first-order valence-electron chi connectivity index (χ1n) is 4.29. The molecule has 3 nitrogen and oxygen atoms in total. The molecular weight excluding hydrogens is 262 g/mol. The Morgan fingerprint density at radius 1 is 1.57 bits per heavy atom. The summed E-state index contributed by atoms with van der Waals surface area (Å²) in [5.74, 6) is 0.912. The van der Waals surface area contributed by atoms with Gasteiger partial charge >= 0.3 is 0 Å². The third-order valence-corrected chi connectivity index (χ3v) is 3.41. The number of aromatic amines is 1. The Morgan fingerprint density at radius 2 is 2.43 bits per heavy atom. The van der Waals surface area contributed by atoms with Gasteiger partial charge in [0, 0.05) is 6.42 Å². The highest BCUT2D eigenvalue weighted by Gasteiger charge is 2.08. The molecule has 0 aliphatic heterocycles. The predicted octanol–water partition coefficient (Wildman–Crippen LogP) is 2.40. The predicted molar refractivity (Wildman–Crippen MR) is 62.4 cm³/mol. The summed E-state index contributed by atoms with van der Waals surface area (Å²) >= 11 is 5.08. The number of nitrogens with zero attached hydrogens (tertiary/aromatic N) is 1. The van der Waals surface area contributed by atoms with Gasteiger partial charge in [0.05, 0.1) is 10.6 Å². The van der Waals surface area contributed by atoms with Crippen LogP contribution in [0, 0.1) is 0 Å². The second-order valence-electron chi connectivity index (χ2n) is 2.87. The van der Waals surface area contributed by atoms with Crippen molar-refractivity contribution in [1.29, 1.82) is 0 Å². The molecule has 0 radical (unpaired) electrons. The normalized spacial score (nSPS) is 10.7. The first-order valence-corrected chi connectivity index (χ1v) is 5.97. The standard InChI is InChI=1S/C9H10BrN3S/c10-8-6(3-4-11)12-9(13-8)7-2-1-5-14-7/h1-2,5H,3-4,11H2,(H,12,13). The molecule has 0 aliphatic rings. The fraction of sp³-hybridized carbons (Fsp3) is 0.222. The Kier molecular flexibility index (Phi) is 3.00. The third kappa shape index (κ3) is 1.89. The van der Waals surface area contributed by atoms with Crippen molar-refractivity contribution in [2.24, 2.45) is 5.73 Å². The van der Waals surface area contributed by atoms with E-state index in [0.29, 0.717) is 6.54 Å². The monoisotopic (exact) mass is 271 g/mol. The quantitative estimate of drug-likeness (QED) is 0.901. The van der Waals surface area contributed by atoms with E-state index in [-0.39, 0.29) is 0 Å². The number of hydrogen-bond acceptors (Lipinski definition) is 3. The lowest BCUT2D eigenvalue weighted by Crippen LogP contribution is -2.03. The van der Waals surface area contributed by atoms with Crippen LogP contribution in [-0.2, 0) is 6.42 Å². The van der Waals surface area contributed by atoms with Gasteiger partial charge in [-0.1, -0.05) is 6.07 Å². The van der Waals surface area contributed by atoms with Crippen molar-refractivity contribution < 1.29 is 0 Å². The molecule has 0 amide bonds. The van der Waals surface area contributed by atoms with Crippen LogP contribution in [-0.4, -0.2) is 16.5 Å². The topological polar surface area (TPSA) is 54.7 Å². The van der Waals surface area contributed by atoms with Crippen molar-refractivity contribution in [2.75, 3.05) is 6.54 Å². The van der Waals surface area contributed by atoms with Crippen molar-refractivity contribution in [2.45, 2.75) is 6.42 Å². The lowest BCUT2D eigenvalue weighted by molar-refractivity contribution is 0.930. The molecule has 0 aromatic carbocycles. The molecule has 0 aliphatic carbocycles. The Morgan fingerprint density at radius 3 is 3.07 bits per heavy atom. The van der Waals surface area contributed by atoms with E-state index >= 15 is 0 Å². The average molecular weight is 272 g/mol. The summed E-state index contributed by atoms with van der Waals surface area (Å²) in [7, 11) is 0. The fourth-order valence-electron chi connectivity index (χ4n) is 1.23. The maximum atomic E-state index is 5.49. The number of H-pyrrole nitrogens is 1. The van der Waals surface area contributed by atoms with Gasteiger partial charge in [-0.15, -0.1) is 11.3 Å². The van der Waals surface area contributed by atoms with Crippen molar-refractivity contribution in [3.8, 4) is 10.7 Å². The van der Waals surface area contributed by atoms with Gasteiger partial charge in [0.15, 0.2) is 0 Å². The van der Waals surface area contributed by atoms with E-state index in [2.05, 4.69) is 25.9 Å². The molecule has 14 heavy (non-hydrogen) atoms. The number of nitrogens with one attached hydrogen (secondary N) is 1. The van der Waals surface area contributed by atoms with E-state index in [4.69, 9.17) is 5.73 Å². The van der Waals surface area contributed by atoms with Crippen molar-refractivity contribution >= 4 is 27.3 Å². The van der Waals surface area contributed by atoms with E-state index in [9.17, 15) is 0 Å². The van der Waals surface area contributed by atoms with Crippen LogP contribution in [0.3, 0.4) is 0 Å². The Labute approximate surface area is 94.5 Å². The minimum Gasteiger partial charge on any atom is -0.340 e. The molecule has 2 aromatic rings. The zero-order valence-electron chi connectivity index (χ0n) is 7.46. The van der Waals surface area contributed by atoms with Gasteiger partial charge in [0.2, 0.25) is 0 Å². The molecule has 0 saturated heterocycles. The average Bonchev–Trinajstić information content (AvgIpc) is 2.76. The largest absolute Gasteiger partial charge is 0.340 e. The van der Waals surface area contributed by atoms with Gasteiger partial charge in [0.25, 0.3) is 0 Å². The van der Waals surface area contributed by atoms with Crippen molar-refractivity contribution in [1.82, 2.24) is 9.97 Å². The van der Waals surface area contributed by atoms with Crippen LogP contribution in [0.4, 0.5) is 0 Å². The molecule has 3 N–H and O–H groups in total. The van der Waals surface area contributed by atoms with Gasteiger partial charge in [-0.05, 0) is 33.9 Å². The number of aromatic nitrogens is 2. The number of thiophene rings is 1. The van der Waals surface area contributed by atoms with Crippen LogP contribution in [0.2, 0.25) is 0 Å². The summed E-state index contributed by atoms with van der Waals surface area (Å²) in [4.78, 5) is 8.79. The molecule has 2 rings (SSSR count). The molecule has 2 heterocycles. The van der Waals surface area contributed by atoms with Crippen LogP contribution >= 0.6 is 27.3 Å². The fourth-order valence-corrected chi connectivity index (χ4v) is 2.37. The van der Waals surface area contributed by atoms with E-state index in [1.807, 2.05) is 17.5 Å². The number of imidazole rings is 1. The molecule has 0 atom stereocenters. The molecule has 0 saturated carbocycles. The molecule has 0 bridgehead atoms. The Bertz CT molecular complexity index is 408. The van der Waals surface area contributed by atoms with E-state index < -0.39 is 0 Å². The smallest absolute Gasteiger partial charge is 0.149 e. The lowest BCUT2D eigenvalue weighted by atomic mass is 10.3. The summed E-state index contributed by atoms with van der Waals surface area (Å²) in [6.07, 6.45) is 0.818. The second-order valence-corrected chi connectivity index (χ2v) is 4.57. The van der Waals surface area contributed by atoms with Crippen LogP contribution in [0.15, 0.2) is 22.1 Å². The highest BCUT2D eigenvalue weighted by Crippen LogP contribution is 2.25. The zero-order valence-corrected chi connectivity index (χ0v) is 9.86. The van der Waals surface area contributed by atoms with Crippen LogP contribution in [0.5, 0.6) is 0 Å².